The maximum atomic E-state index is 13.3. The second-order valence-corrected chi connectivity index (χ2v) is 12.8. The van der Waals surface area contributed by atoms with Crippen molar-refractivity contribution in [3.63, 3.8) is 0 Å². The molecule has 0 aliphatic carbocycles. The zero-order valence-corrected chi connectivity index (χ0v) is 29.6. The van der Waals surface area contributed by atoms with E-state index < -0.39 is 12.0 Å². The number of likely N-dealkylation sites (tertiary alicyclic amines) is 1. The molecule has 1 aliphatic heterocycles. The first-order valence-electron chi connectivity index (χ1n) is 17.1. The van der Waals surface area contributed by atoms with Crippen molar-refractivity contribution in [1.82, 2.24) is 9.88 Å². The lowest BCUT2D eigenvalue weighted by Crippen LogP contribution is -2.35. The number of nitrogens with zero attached hydrogens (tertiary/aromatic N) is 2. The number of aliphatic carboxylic acids is 1. The number of hydrogen-bond acceptors (Lipinski definition) is 7. The van der Waals surface area contributed by atoms with Crippen molar-refractivity contribution in [2.45, 2.75) is 65.5 Å². The third-order valence-electron chi connectivity index (χ3n) is 9.63. The Balaban J connectivity index is 1.35. The molecule has 0 radical (unpaired) electrons. The molecule has 0 spiro atoms. The minimum absolute atomic E-state index is 0.137. The largest absolute Gasteiger partial charge is 0.496 e. The number of benzene rings is 3. The lowest BCUT2D eigenvalue weighted by atomic mass is 9.92. The summed E-state index contributed by atoms with van der Waals surface area (Å²) in [6.07, 6.45) is 9.63. The molecule has 1 aliphatic rings. The predicted octanol–water partition coefficient (Wildman–Crippen LogP) is 7.48. The van der Waals surface area contributed by atoms with Crippen LogP contribution in [0.15, 0.2) is 60.8 Å². The van der Waals surface area contributed by atoms with Crippen LogP contribution in [0.2, 0.25) is 0 Å². The van der Waals surface area contributed by atoms with Gasteiger partial charge in [-0.15, -0.1) is 0 Å². The minimum Gasteiger partial charge on any atom is -0.496 e. The third kappa shape index (κ3) is 8.23. The molecule has 9 heteroatoms. The standard InChI is InChI=1S/C41H47N3O6/c1-26-21-32(25-44-19-10-16-37(44)41(47)48)38(49-4)22-30(26)18-17-29-12-8-13-33(27(29)2)34-14-9-15-35(28(34)3)43-40(46)36-23-39(50-5)31(24-42-36)11-6-7-20-45/h8-9,12-15,17-18,21-24,37,45H,6-7,10-11,16,19-20,25H2,1-5H3,(H,43,46)(H,47,48)/b18-17+/t37-/m0/s1. The third-order valence-corrected chi connectivity index (χ3v) is 9.63. The van der Waals surface area contributed by atoms with E-state index in [1.54, 1.807) is 26.5 Å². The van der Waals surface area contributed by atoms with Gasteiger partial charge in [0.1, 0.15) is 23.2 Å². The highest BCUT2D eigenvalue weighted by atomic mass is 16.5. The number of hydrogen-bond donors (Lipinski definition) is 3. The molecular formula is C41H47N3O6. The molecule has 262 valence electrons. The summed E-state index contributed by atoms with van der Waals surface area (Å²) in [6, 6.07) is 17.4. The smallest absolute Gasteiger partial charge is 0.320 e. The van der Waals surface area contributed by atoms with Crippen molar-refractivity contribution in [3.05, 3.63) is 105 Å². The molecule has 4 aromatic rings. The van der Waals surface area contributed by atoms with Gasteiger partial charge in [0.2, 0.25) is 0 Å². The van der Waals surface area contributed by atoms with Crippen LogP contribution in [-0.4, -0.2) is 65.4 Å². The fourth-order valence-corrected chi connectivity index (χ4v) is 6.72. The molecule has 1 fully saturated rings. The number of amides is 1. The number of aryl methyl sites for hydroxylation is 2. The molecule has 0 bridgehead atoms. The number of carbonyl (C=O) groups is 2. The number of carboxylic acids is 1. The summed E-state index contributed by atoms with van der Waals surface area (Å²) in [5.74, 6) is 0.259. The van der Waals surface area contributed by atoms with Gasteiger partial charge in [0, 0.05) is 42.2 Å². The first kappa shape index (κ1) is 36.3. The van der Waals surface area contributed by atoms with Crippen molar-refractivity contribution in [2.75, 3.05) is 32.7 Å². The molecule has 3 aromatic carbocycles. The quantitative estimate of drug-likeness (QED) is 0.0928. The van der Waals surface area contributed by atoms with Gasteiger partial charge < -0.3 is 25.0 Å². The van der Waals surface area contributed by atoms with Crippen molar-refractivity contribution in [1.29, 1.82) is 0 Å². The molecule has 0 saturated carbocycles. The average Bonchev–Trinajstić information content (AvgIpc) is 3.58. The highest BCUT2D eigenvalue weighted by Crippen LogP contribution is 2.34. The maximum Gasteiger partial charge on any atom is 0.320 e. The summed E-state index contributed by atoms with van der Waals surface area (Å²) in [6.45, 7) is 7.60. The van der Waals surface area contributed by atoms with Gasteiger partial charge in [-0.3, -0.25) is 19.5 Å². The van der Waals surface area contributed by atoms with E-state index in [2.05, 4.69) is 60.6 Å². The molecule has 1 atom stereocenters. The number of carbonyl (C=O) groups excluding carboxylic acids is 1. The van der Waals surface area contributed by atoms with Gasteiger partial charge in [-0.25, -0.2) is 0 Å². The molecular weight excluding hydrogens is 630 g/mol. The molecule has 0 unspecified atom stereocenters. The summed E-state index contributed by atoms with van der Waals surface area (Å²) >= 11 is 0. The van der Waals surface area contributed by atoms with Crippen molar-refractivity contribution < 1.29 is 29.3 Å². The normalized spacial score (nSPS) is 14.6. The van der Waals surface area contributed by atoms with Gasteiger partial charge in [-0.1, -0.05) is 48.6 Å². The molecule has 9 nitrogen and oxygen atoms in total. The number of anilines is 1. The van der Waals surface area contributed by atoms with Crippen LogP contribution in [-0.2, 0) is 17.8 Å². The van der Waals surface area contributed by atoms with Crippen molar-refractivity contribution >= 4 is 29.7 Å². The maximum absolute atomic E-state index is 13.3. The number of rotatable bonds is 14. The fraction of sp³-hybridized carbons (Fsp3) is 0.341. The van der Waals surface area contributed by atoms with Crippen LogP contribution >= 0.6 is 0 Å². The van der Waals surface area contributed by atoms with Gasteiger partial charge >= 0.3 is 5.97 Å². The molecule has 2 heterocycles. The van der Waals surface area contributed by atoms with E-state index in [1.807, 2.05) is 36.1 Å². The first-order chi connectivity index (χ1) is 24.1. The van der Waals surface area contributed by atoms with Crippen LogP contribution in [0.3, 0.4) is 0 Å². The SMILES string of the molecule is COc1cc(C(=O)Nc2cccc(-c3cccc(/C=C/c4cc(OC)c(CN5CCC[C@H]5C(=O)O)cc4C)c3C)c2C)ncc1CCCCO. The van der Waals surface area contributed by atoms with Gasteiger partial charge in [0.05, 0.1) is 14.2 Å². The lowest BCUT2D eigenvalue weighted by Gasteiger charge is -2.23. The molecule has 5 rings (SSSR count). The highest BCUT2D eigenvalue weighted by molar-refractivity contribution is 6.04. The number of aliphatic hydroxyl groups excluding tert-OH is 1. The van der Waals surface area contributed by atoms with Crippen molar-refractivity contribution in [3.8, 4) is 22.6 Å². The van der Waals surface area contributed by atoms with E-state index in [1.165, 1.54) is 0 Å². The predicted molar refractivity (Wildman–Crippen MR) is 198 cm³/mol. The Bertz CT molecular complexity index is 1880. The molecule has 1 saturated heterocycles. The summed E-state index contributed by atoms with van der Waals surface area (Å²) in [5.41, 5.74) is 10.2. The highest BCUT2D eigenvalue weighted by Gasteiger charge is 2.31. The van der Waals surface area contributed by atoms with Gasteiger partial charge in [0.15, 0.2) is 0 Å². The van der Waals surface area contributed by atoms with Gasteiger partial charge in [-0.2, -0.15) is 0 Å². The zero-order chi connectivity index (χ0) is 35.8. The van der Waals surface area contributed by atoms with E-state index in [4.69, 9.17) is 14.6 Å². The number of aliphatic hydroxyl groups is 1. The number of unbranched alkanes of at least 4 members (excludes halogenated alkanes) is 1. The second kappa shape index (κ2) is 16.6. The number of carboxylic acid groups (broad SMARTS) is 1. The van der Waals surface area contributed by atoms with Gasteiger partial charge in [0.25, 0.3) is 5.91 Å². The lowest BCUT2D eigenvalue weighted by molar-refractivity contribution is -0.142. The topological polar surface area (TPSA) is 121 Å². The Morgan fingerprint density at radius 3 is 2.34 bits per heavy atom. The Hall–Kier alpha value is -4.99. The van der Waals surface area contributed by atoms with Crippen LogP contribution in [0.5, 0.6) is 11.5 Å². The molecule has 3 N–H and O–H groups in total. The van der Waals surface area contributed by atoms with Crippen LogP contribution < -0.4 is 14.8 Å². The van der Waals surface area contributed by atoms with Crippen LogP contribution in [0, 0.1) is 20.8 Å². The van der Waals surface area contributed by atoms with Crippen LogP contribution in [0.1, 0.15) is 75.1 Å². The first-order valence-corrected chi connectivity index (χ1v) is 17.1. The second-order valence-electron chi connectivity index (χ2n) is 12.8. The van der Waals surface area contributed by atoms with Gasteiger partial charge in [-0.05, 0) is 110 Å². The Morgan fingerprint density at radius 1 is 0.920 bits per heavy atom. The monoisotopic (exact) mass is 677 g/mol. The molecule has 50 heavy (non-hydrogen) atoms. The summed E-state index contributed by atoms with van der Waals surface area (Å²) < 4.78 is 11.3. The Labute approximate surface area is 294 Å². The van der Waals surface area contributed by atoms with E-state index in [9.17, 15) is 14.7 Å². The average molecular weight is 678 g/mol. The summed E-state index contributed by atoms with van der Waals surface area (Å²) in [5, 5.41) is 21.8. The number of methoxy groups -OCH3 is 2. The summed E-state index contributed by atoms with van der Waals surface area (Å²) in [4.78, 5) is 31.5. The number of nitrogens with one attached hydrogen (secondary N) is 1. The van der Waals surface area contributed by atoms with E-state index in [0.717, 1.165) is 75.2 Å². The van der Waals surface area contributed by atoms with Crippen molar-refractivity contribution in [2.24, 2.45) is 0 Å². The number of pyridine rings is 1. The molecule has 1 amide bonds. The van der Waals surface area contributed by atoms with E-state index >= 15 is 0 Å². The van der Waals surface area contributed by atoms with E-state index in [0.29, 0.717) is 37.2 Å². The Morgan fingerprint density at radius 2 is 1.62 bits per heavy atom. The zero-order valence-electron chi connectivity index (χ0n) is 29.6. The fourth-order valence-electron chi connectivity index (χ4n) is 6.72. The number of aromatic nitrogens is 1. The molecule has 1 aromatic heterocycles. The van der Waals surface area contributed by atoms with Crippen LogP contribution in [0.4, 0.5) is 5.69 Å². The number of ether oxygens (including phenoxy) is 2. The van der Waals surface area contributed by atoms with E-state index in [-0.39, 0.29) is 18.2 Å². The summed E-state index contributed by atoms with van der Waals surface area (Å²) in [7, 11) is 3.23. The van der Waals surface area contributed by atoms with Crippen LogP contribution in [0.25, 0.3) is 23.3 Å². The minimum atomic E-state index is -0.770. The Kier molecular flexibility index (Phi) is 12.1.